The topological polar surface area (TPSA) is 62.3 Å². The molecule has 0 aliphatic carbocycles. The van der Waals surface area contributed by atoms with E-state index in [-0.39, 0.29) is 12.4 Å². The zero-order valence-corrected chi connectivity index (χ0v) is 16.6. The van der Waals surface area contributed by atoms with E-state index in [1.54, 1.807) is 25.1 Å². The van der Waals surface area contributed by atoms with Crippen molar-refractivity contribution in [3.05, 3.63) is 89.9 Å². The van der Waals surface area contributed by atoms with Gasteiger partial charge in [0.25, 0.3) is 0 Å². The van der Waals surface area contributed by atoms with E-state index in [0.717, 1.165) is 27.6 Å². The molecule has 2 N–H and O–H groups in total. The molecule has 1 unspecified atom stereocenters. The van der Waals surface area contributed by atoms with Gasteiger partial charge in [-0.1, -0.05) is 37.3 Å². The van der Waals surface area contributed by atoms with E-state index in [2.05, 4.69) is 11.1 Å². The Morgan fingerprint density at radius 2 is 1.93 bits per heavy atom. The smallest absolute Gasteiger partial charge is 0.306 e. The molecule has 1 atom stereocenters. The van der Waals surface area contributed by atoms with E-state index in [9.17, 15) is 14.3 Å². The minimum Gasteiger partial charge on any atom is -0.488 e. The molecule has 30 heavy (non-hydrogen) atoms. The van der Waals surface area contributed by atoms with Gasteiger partial charge in [0, 0.05) is 22.8 Å². The quantitative estimate of drug-likeness (QED) is 0.409. The highest BCUT2D eigenvalue weighted by molar-refractivity contribution is 5.86. The number of rotatable bonds is 7. The molecule has 4 aromatic rings. The molecule has 0 spiro atoms. The molecular weight excluding hydrogens is 381 g/mol. The van der Waals surface area contributed by atoms with Gasteiger partial charge in [0.1, 0.15) is 18.2 Å². The van der Waals surface area contributed by atoms with Gasteiger partial charge in [-0.05, 0) is 59.3 Å². The number of halogens is 1. The van der Waals surface area contributed by atoms with E-state index in [0.29, 0.717) is 17.7 Å². The fourth-order valence-electron chi connectivity index (χ4n) is 3.49. The number of aromatic amines is 1. The third-order valence-corrected chi connectivity index (χ3v) is 5.21. The van der Waals surface area contributed by atoms with E-state index in [1.807, 2.05) is 42.6 Å². The van der Waals surface area contributed by atoms with Crippen molar-refractivity contribution in [2.75, 3.05) is 0 Å². The van der Waals surface area contributed by atoms with Crippen molar-refractivity contribution < 1.29 is 19.0 Å². The molecule has 4 nitrogen and oxygen atoms in total. The number of H-pyrrole nitrogens is 1. The number of hydrogen-bond donors (Lipinski definition) is 2. The molecule has 152 valence electrons. The molecule has 1 heterocycles. The molecule has 0 aliphatic rings. The molecule has 3 aromatic carbocycles. The molecule has 0 radical (unpaired) electrons. The number of nitrogens with one attached hydrogen (secondary N) is 1. The number of aromatic nitrogens is 1. The van der Waals surface area contributed by atoms with Gasteiger partial charge in [0.05, 0.1) is 5.92 Å². The summed E-state index contributed by atoms with van der Waals surface area (Å²) in [6.45, 7) is 1.80. The maximum absolute atomic E-state index is 14.0. The summed E-state index contributed by atoms with van der Waals surface area (Å²) in [5.41, 5.74) is 4.23. The fourth-order valence-corrected chi connectivity index (χ4v) is 3.49. The van der Waals surface area contributed by atoms with Gasteiger partial charge in [0.15, 0.2) is 0 Å². The summed E-state index contributed by atoms with van der Waals surface area (Å²) in [6, 6.07) is 20.2. The zero-order chi connectivity index (χ0) is 21.1. The maximum Gasteiger partial charge on any atom is 0.306 e. The molecule has 5 heteroatoms. The number of ether oxygens (including phenoxy) is 1. The first-order valence-electron chi connectivity index (χ1n) is 9.80. The lowest BCUT2D eigenvalue weighted by atomic mass is 9.96. The van der Waals surface area contributed by atoms with E-state index in [1.165, 1.54) is 6.07 Å². The number of carboxylic acid groups (broad SMARTS) is 1. The summed E-state index contributed by atoms with van der Waals surface area (Å²) >= 11 is 0. The Labute approximate surface area is 173 Å². The zero-order valence-electron chi connectivity index (χ0n) is 16.6. The molecule has 0 aliphatic heterocycles. The number of aliphatic carboxylic acids is 1. The molecular formula is C25H22FNO3. The van der Waals surface area contributed by atoms with Gasteiger partial charge in [-0.25, -0.2) is 4.39 Å². The summed E-state index contributed by atoms with van der Waals surface area (Å²) in [6.07, 6.45) is 2.30. The average molecular weight is 403 g/mol. The predicted octanol–water partition coefficient (Wildman–Crippen LogP) is 5.82. The largest absolute Gasteiger partial charge is 0.488 e. The van der Waals surface area contributed by atoms with Crippen molar-refractivity contribution in [3.63, 3.8) is 0 Å². The summed E-state index contributed by atoms with van der Waals surface area (Å²) < 4.78 is 20.0. The van der Waals surface area contributed by atoms with Crippen LogP contribution >= 0.6 is 0 Å². The number of benzene rings is 3. The van der Waals surface area contributed by atoms with Gasteiger partial charge < -0.3 is 14.8 Å². The highest BCUT2D eigenvalue weighted by atomic mass is 19.1. The Morgan fingerprint density at radius 3 is 2.73 bits per heavy atom. The lowest BCUT2D eigenvalue weighted by Gasteiger charge is -2.15. The van der Waals surface area contributed by atoms with E-state index in [4.69, 9.17) is 4.74 Å². The average Bonchev–Trinajstić information content (AvgIpc) is 3.21. The lowest BCUT2D eigenvalue weighted by Crippen LogP contribution is -2.12. The molecule has 0 bridgehead atoms. The highest BCUT2D eigenvalue weighted by Gasteiger charge is 2.15. The normalized spacial score (nSPS) is 12.1. The van der Waals surface area contributed by atoms with Crippen LogP contribution in [0.25, 0.3) is 22.0 Å². The fraction of sp³-hybridized carbons (Fsp3) is 0.160. The summed E-state index contributed by atoms with van der Waals surface area (Å²) in [5, 5.41) is 10.3. The monoisotopic (exact) mass is 403 g/mol. The lowest BCUT2D eigenvalue weighted by molar-refractivity contribution is -0.141. The van der Waals surface area contributed by atoms with E-state index >= 15 is 0 Å². The SMILES string of the molecule is CC(Cc1ccc(OCc2ccccc2F)c(-c2ccc3[nH]ccc3c2)c1)C(=O)O. The van der Waals surface area contributed by atoms with Crippen molar-refractivity contribution in [2.45, 2.75) is 20.0 Å². The second-order valence-corrected chi connectivity index (χ2v) is 7.43. The van der Waals surface area contributed by atoms with Crippen LogP contribution in [-0.2, 0) is 17.8 Å². The molecule has 4 rings (SSSR count). The first-order valence-corrected chi connectivity index (χ1v) is 9.80. The number of hydrogen-bond acceptors (Lipinski definition) is 2. The standard InChI is InChI=1S/C25H22FNO3/c1-16(25(28)29)12-17-6-9-24(30-15-20-4-2-3-5-22(20)26)21(13-17)18-7-8-23-19(14-18)10-11-27-23/h2-11,13-14,16,27H,12,15H2,1H3,(H,28,29). The minimum atomic E-state index is -0.829. The molecule has 0 saturated heterocycles. The number of fused-ring (bicyclic) bond motifs is 1. The van der Waals surface area contributed by atoms with Crippen molar-refractivity contribution in [3.8, 4) is 16.9 Å². The summed E-state index contributed by atoms with van der Waals surface area (Å²) in [5.74, 6) is -1.00. The van der Waals surface area contributed by atoms with Crippen molar-refractivity contribution in [1.29, 1.82) is 0 Å². The molecule has 0 amide bonds. The van der Waals surface area contributed by atoms with Crippen molar-refractivity contribution >= 4 is 16.9 Å². The highest BCUT2D eigenvalue weighted by Crippen LogP contribution is 2.34. The minimum absolute atomic E-state index is 0.108. The molecule has 1 aromatic heterocycles. The van der Waals surface area contributed by atoms with E-state index < -0.39 is 11.9 Å². The first-order chi connectivity index (χ1) is 14.5. The third kappa shape index (κ3) is 4.20. The van der Waals surface area contributed by atoms with Crippen LogP contribution in [0.5, 0.6) is 5.75 Å². The predicted molar refractivity (Wildman–Crippen MR) is 115 cm³/mol. The maximum atomic E-state index is 14.0. The van der Waals surface area contributed by atoms with Crippen LogP contribution in [0.3, 0.4) is 0 Å². The first kappa shape index (κ1) is 19.7. The Balaban J connectivity index is 1.70. The Kier molecular flexibility index (Phi) is 5.53. The van der Waals surface area contributed by atoms with Crippen LogP contribution in [0.15, 0.2) is 72.9 Å². The van der Waals surface area contributed by atoms with Crippen molar-refractivity contribution in [1.82, 2.24) is 4.98 Å². The van der Waals surface area contributed by atoms with Crippen molar-refractivity contribution in [2.24, 2.45) is 5.92 Å². The summed E-state index contributed by atoms with van der Waals surface area (Å²) in [7, 11) is 0. The third-order valence-electron chi connectivity index (χ3n) is 5.21. The Bertz CT molecular complexity index is 1200. The number of carbonyl (C=O) groups is 1. The molecule has 0 fully saturated rings. The van der Waals surface area contributed by atoms with Gasteiger partial charge in [-0.2, -0.15) is 0 Å². The van der Waals surface area contributed by atoms with Crippen LogP contribution < -0.4 is 4.74 Å². The van der Waals surface area contributed by atoms with Gasteiger partial charge >= 0.3 is 5.97 Å². The Morgan fingerprint density at radius 1 is 1.10 bits per heavy atom. The van der Waals surface area contributed by atoms with Gasteiger partial charge in [0.2, 0.25) is 0 Å². The second kappa shape index (κ2) is 8.41. The molecule has 0 saturated carbocycles. The van der Waals surface area contributed by atoms with Gasteiger partial charge in [-0.3, -0.25) is 4.79 Å². The van der Waals surface area contributed by atoms with Gasteiger partial charge in [-0.15, -0.1) is 0 Å². The van der Waals surface area contributed by atoms with Crippen LogP contribution in [0.4, 0.5) is 4.39 Å². The number of carboxylic acids is 1. The Hall–Kier alpha value is -3.60. The second-order valence-electron chi connectivity index (χ2n) is 7.43. The van der Waals surface area contributed by atoms with Crippen LogP contribution in [-0.4, -0.2) is 16.1 Å². The summed E-state index contributed by atoms with van der Waals surface area (Å²) in [4.78, 5) is 14.4. The van der Waals surface area contributed by atoms with Crippen LogP contribution in [0.2, 0.25) is 0 Å². The van der Waals surface area contributed by atoms with Crippen LogP contribution in [0, 0.1) is 11.7 Å². The van der Waals surface area contributed by atoms with Crippen LogP contribution in [0.1, 0.15) is 18.1 Å².